The second kappa shape index (κ2) is 13.7. The summed E-state index contributed by atoms with van der Waals surface area (Å²) in [6.45, 7) is 15.6. The van der Waals surface area contributed by atoms with Crippen LogP contribution in [-0.4, -0.2) is 0 Å². The van der Waals surface area contributed by atoms with E-state index in [0.717, 1.165) is 67.5 Å². The molecule has 0 aliphatic heterocycles. The predicted molar refractivity (Wildman–Crippen MR) is 202 cm³/mol. The molecule has 6 rings (SSSR count). The van der Waals surface area contributed by atoms with Crippen LogP contribution < -0.4 is 9.80 Å². The third kappa shape index (κ3) is 6.38. The highest BCUT2D eigenvalue weighted by atomic mass is 15.1. The second-order valence-electron chi connectivity index (χ2n) is 10.9. The van der Waals surface area contributed by atoms with E-state index in [2.05, 4.69) is 182 Å². The van der Waals surface area contributed by atoms with Gasteiger partial charge in [0.05, 0.1) is 0 Å². The number of benzene rings is 6. The van der Waals surface area contributed by atoms with Crippen molar-refractivity contribution >= 4 is 58.4 Å². The van der Waals surface area contributed by atoms with E-state index in [1.807, 2.05) is 24.3 Å². The van der Waals surface area contributed by atoms with Gasteiger partial charge in [-0.05, 0) is 106 Å². The molecule has 0 aliphatic carbocycles. The maximum atomic E-state index is 3.91. The number of anilines is 6. The van der Waals surface area contributed by atoms with Crippen LogP contribution in [0.25, 0.3) is 35.4 Å². The Hall–Kier alpha value is -6.12. The van der Waals surface area contributed by atoms with Crippen molar-refractivity contribution in [3.8, 4) is 11.1 Å². The van der Waals surface area contributed by atoms with E-state index in [0.29, 0.717) is 0 Å². The minimum atomic E-state index is 1.08. The van der Waals surface area contributed by atoms with E-state index in [-0.39, 0.29) is 0 Å². The van der Waals surface area contributed by atoms with Gasteiger partial charge in [0, 0.05) is 34.1 Å². The summed E-state index contributed by atoms with van der Waals surface area (Å²) in [5.41, 5.74) is 13.1. The minimum absolute atomic E-state index is 1.08. The highest BCUT2D eigenvalue weighted by Gasteiger charge is 2.15. The summed E-state index contributed by atoms with van der Waals surface area (Å²) in [4.78, 5) is 4.53. The van der Waals surface area contributed by atoms with Gasteiger partial charge in [0.1, 0.15) is 0 Å². The van der Waals surface area contributed by atoms with E-state index in [4.69, 9.17) is 0 Å². The SMILES string of the molecule is C=Cc1ccc(N(c2ccc(C=C)cc2)c2ccc(-c3ccc(N(c4ccc(C=C)cc4)c4ccc(C=C)cc4)cc3)cc2)cc1. The first-order chi connectivity index (χ1) is 22.6. The average Bonchev–Trinajstić information content (AvgIpc) is 3.13. The Morgan fingerprint density at radius 3 is 0.609 bits per heavy atom. The van der Waals surface area contributed by atoms with Gasteiger partial charge in [-0.1, -0.05) is 123 Å². The lowest BCUT2D eigenvalue weighted by molar-refractivity contribution is 1.28. The van der Waals surface area contributed by atoms with Gasteiger partial charge in [-0.2, -0.15) is 0 Å². The molecule has 0 amide bonds. The number of nitrogens with zero attached hydrogens (tertiary/aromatic N) is 2. The lowest BCUT2D eigenvalue weighted by Crippen LogP contribution is -2.10. The third-order valence-electron chi connectivity index (χ3n) is 8.13. The number of hydrogen-bond acceptors (Lipinski definition) is 2. The molecule has 0 aliphatic rings. The lowest BCUT2D eigenvalue weighted by Gasteiger charge is -2.26. The lowest BCUT2D eigenvalue weighted by atomic mass is 10.0. The number of hydrogen-bond donors (Lipinski definition) is 0. The van der Waals surface area contributed by atoms with Crippen molar-refractivity contribution in [1.29, 1.82) is 0 Å². The van der Waals surface area contributed by atoms with Gasteiger partial charge >= 0.3 is 0 Å². The molecule has 222 valence electrons. The molecule has 2 heteroatoms. The summed E-state index contributed by atoms with van der Waals surface area (Å²) in [5.74, 6) is 0. The Labute approximate surface area is 272 Å². The molecule has 6 aromatic rings. The molecule has 0 radical (unpaired) electrons. The second-order valence-corrected chi connectivity index (χ2v) is 10.9. The van der Waals surface area contributed by atoms with E-state index in [1.165, 1.54) is 0 Å². The molecule has 2 nitrogen and oxygen atoms in total. The van der Waals surface area contributed by atoms with Gasteiger partial charge in [-0.15, -0.1) is 0 Å². The van der Waals surface area contributed by atoms with Crippen LogP contribution in [0.3, 0.4) is 0 Å². The standard InChI is InChI=1S/C44H36N2/c1-5-33-9-21-39(22-10-33)45(40-23-11-34(6-2)12-24-40)43-29-17-37(18-30-43)38-19-31-44(32-20-38)46(41-25-13-35(7-3)14-26-41)42-27-15-36(8-4)16-28-42/h5-32H,1-4H2. The van der Waals surface area contributed by atoms with Crippen molar-refractivity contribution in [1.82, 2.24) is 0 Å². The molecule has 0 saturated carbocycles. The van der Waals surface area contributed by atoms with E-state index >= 15 is 0 Å². The monoisotopic (exact) mass is 592 g/mol. The highest BCUT2D eigenvalue weighted by molar-refractivity contribution is 5.81. The van der Waals surface area contributed by atoms with Crippen LogP contribution >= 0.6 is 0 Å². The molecule has 6 aromatic carbocycles. The van der Waals surface area contributed by atoms with Gasteiger partial charge in [-0.25, -0.2) is 0 Å². The van der Waals surface area contributed by atoms with Crippen LogP contribution in [0.2, 0.25) is 0 Å². The quantitative estimate of drug-likeness (QED) is 0.148. The molecular weight excluding hydrogens is 556 g/mol. The zero-order chi connectivity index (χ0) is 31.9. The zero-order valence-corrected chi connectivity index (χ0v) is 25.9. The fraction of sp³-hybridized carbons (Fsp3) is 0. The fourth-order valence-electron chi connectivity index (χ4n) is 5.54. The van der Waals surface area contributed by atoms with Gasteiger partial charge in [0.25, 0.3) is 0 Å². The molecule has 0 aromatic heterocycles. The van der Waals surface area contributed by atoms with Crippen LogP contribution in [0.1, 0.15) is 22.3 Å². The normalized spacial score (nSPS) is 10.5. The first-order valence-corrected chi connectivity index (χ1v) is 15.3. The summed E-state index contributed by atoms with van der Waals surface area (Å²) >= 11 is 0. The van der Waals surface area contributed by atoms with E-state index in [9.17, 15) is 0 Å². The summed E-state index contributed by atoms with van der Waals surface area (Å²) in [6.07, 6.45) is 7.46. The van der Waals surface area contributed by atoms with E-state index in [1.54, 1.807) is 0 Å². The Kier molecular flexibility index (Phi) is 8.90. The van der Waals surface area contributed by atoms with Crippen molar-refractivity contribution in [2.24, 2.45) is 0 Å². The maximum Gasteiger partial charge on any atom is 0.0462 e. The van der Waals surface area contributed by atoms with Crippen LogP contribution in [0.15, 0.2) is 172 Å². The summed E-state index contributed by atoms with van der Waals surface area (Å²) in [5, 5.41) is 0. The molecule has 0 saturated heterocycles. The summed E-state index contributed by atoms with van der Waals surface area (Å²) in [6, 6.07) is 51.3. The molecule has 0 N–H and O–H groups in total. The molecule has 0 spiro atoms. The highest BCUT2D eigenvalue weighted by Crippen LogP contribution is 2.38. The molecule has 0 atom stereocenters. The van der Waals surface area contributed by atoms with Crippen LogP contribution in [-0.2, 0) is 0 Å². The molecular formula is C44H36N2. The van der Waals surface area contributed by atoms with Gasteiger partial charge in [0.15, 0.2) is 0 Å². The largest absolute Gasteiger partial charge is 0.311 e. The minimum Gasteiger partial charge on any atom is -0.311 e. The Morgan fingerprint density at radius 2 is 0.435 bits per heavy atom. The third-order valence-corrected chi connectivity index (χ3v) is 8.13. The van der Waals surface area contributed by atoms with Crippen LogP contribution in [0.5, 0.6) is 0 Å². The Balaban J connectivity index is 1.32. The molecule has 0 fully saturated rings. The first kappa shape index (κ1) is 29.9. The van der Waals surface area contributed by atoms with Gasteiger partial charge in [-0.3, -0.25) is 0 Å². The average molecular weight is 593 g/mol. The first-order valence-electron chi connectivity index (χ1n) is 15.3. The van der Waals surface area contributed by atoms with Crippen molar-refractivity contribution < 1.29 is 0 Å². The molecule has 0 bridgehead atoms. The Morgan fingerprint density at radius 1 is 0.261 bits per heavy atom. The topological polar surface area (TPSA) is 6.48 Å². The van der Waals surface area contributed by atoms with Crippen molar-refractivity contribution in [2.75, 3.05) is 9.80 Å². The van der Waals surface area contributed by atoms with Crippen molar-refractivity contribution in [3.05, 3.63) is 194 Å². The van der Waals surface area contributed by atoms with Crippen molar-refractivity contribution in [2.45, 2.75) is 0 Å². The van der Waals surface area contributed by atoms with E-state index < -0.39 is 0 Å². The van der Waals surface area contributed by atoms with Crippen molar-refractivity contribution in [3.63, 3.8) is 0 Å². The van der Waals surface area contributed by atoms with Gasteiger partial charge < -0.3 is 9.80 Å². The summed E-state index contributed by atoms with van der Waals surface area (Å²) in [7, 11) is 0. The maximum absolute atomic E-state index is 3.91. The summed E-state index contributed by atoms with van der Waals surface area (Å²) < 4.78 is 0. The Bertz CT molecular complexity index is 1690. The molecule has 46 heavy (non-hydrogen) atoms. The van der Waals surface area contributed by atoms with Crippen LogP contribution in [0, 0.1) is 0 Å². The number of rotatable bonds is 11. The molecule has 0 unspecified atom stereocenters. The van der Waals surface area contributed by atoms with Crippen LogP contribution in [0.4, 0.5) is 34.1 Å². The fourth-order valence-corrected chi connectivity index (χ4v) is 5.54. The predicted octanol–water partition coefficient (Wildman–Crippen LogP) is 12.9. The van der Waals surface area contributed by atoms with Gasteiger partial charge in [0.2, 0.25) is 0 Å². The smallest absolute Gasteiger partial charge is 0.0462 e. The zero-order valence-electron chi connectivity index (χ0n) is 25.9. The molecule has 0 heterocycles.